The second kappa shape index (κ2) is 9.38. The topological polar surface area (TPSA) is 91.4 Å². The Bertz CT molecular complexity index is 1110. The van der Waals surface area contributed by atoms with Gasteiger partial charge in [-0.15, -0.1) is 0 Å². The Morgan fingerprint density at radius 1 is 1.00 bits per heavy atom. The van der Waals surface area contributed by atoms with Crippen LogP contribution >= 0.6 is 0 Å². The molecule has 35 heavy (non-hydrogen) atoms. The van der Waals surface area contributed by atoms with Gasteiger partial charge in [-0.2, -0.15) is 26.3 Å². The second-order valence-corrected chi connectivity index (χ2v) is 8.38. The van der Waals surface area contributed by atoms with E-state index in [1.54, 1.807) is 4.90 Å². The Hall–Kier alpha value is -3.32. The van der Waals surface area contributed by atoms with Gasteiger partial charge in [-0.05, 0) is 30.9 Å². The standard InChI is InChI=1S/C21H21F6N5O3/c22-20(23,24)13-10-29-18(30-11-13)31-4-6-32(7-5-31)19(34)35-16-3-1-2-14(16)12-8-15(21(25,26)27)17(33)28-9-12/h8-11,14,16H,1-7H2,(H,28,33)/t14?,16-/m0/s1. The molecule has 1 aliphatic carbocycles. The van der Waals surface area contributed by atoms with Crippen molar-refractivity contribution in [3.8, 4) is 0 Å². The lowest BCUT2D eigenvalue weighted by Gasteiger charge is -2.35. The zero-order valence-electron chi connectivity index (χ0n) is 18.2. The molecule has 2 aromatic rings. The fraction of sp³-hybridized carbons (Fsp3) is 0.524. The first-order valence-corrected chi connectivity index (χ1v) is 10.8. The Morgan fingerprint density at radius 2 is 1.66 bits per heavy atom. The zero-order chi connectivity index (χ0) is 25.4. The van der Waals surface area contributed by atoms with Crippen molar-refractivity contribution in [2.75, 3.05) is 31.1 Å². The van der Waals surface area contributed by atoms with E-state index in [4.69, 9.17) is 4.74 Å². The van der Waals surface area contributed by atoms with Gasteiger partial charge in [-0.25, -0.2) is 14.8 Å². The van der Waals surface area contributed by atoms with Crippen molar-refractivity contribution in [2.45, 2.75) is 43.6 Å². The number of anilines is 1. The average Bonchev–Trinajstić information content (AvgIpc) is 3.26. The van der Waals surface area contributed by atoms with Crippen molar-refractivity contribution >= 4 is 12.0 Å². The predicted molar refractivity (Wildman–Crippen MR) is 110 cm³/mol. The van der Waals surface area contributed by atoms with E-state index < -0.39 is 47.2 Å². The average molecular weight is 505 g/mol. The summed E-state index contributed by atoms with van der Waals surface area (Å²) < 4.78 is 83.0. The summed E-state index contributed by atoms with van der Waals surface area (Å²) in [7, 11) is 0. The molecule has 14 heteroatoms. The number of aromatic amines is 1. The van der Waals surface area contributed by atoms with Crippen molar-refractivity contribution in [1.82, 2.24) is 19.9 Å². The molecule has 2 fully saturated rings. The Kier molecular flexibility index (Phi) is 6.64. The minimum absolute atomic E-state index is 0.111. The van der Waals surface area contributed by atoms with E-state index in [2.05, 4.69) is 15.0 Å². The summed E-state index contributed by atoms with van der Waals surface area (Å²) in [6.45, 7) is 0.946. The van der Waals surface area contributed by atoms with Gasteiger partial charge in [-0.1, -0.05) is 0 Å². The molecule has 0 aromatic carbocycles. The Labute approximate surface area is 194 Å². The number of nitrogens with one attached hydrogen (secondary N) is 1. The molecule has 1 saturated carbocycles. The lowest BCUT2D eigenvalue weighted by atomic mass is 9.96. The van der Waals surface area contributed by atoms with Crippen LogP contribution in [0, 0.1) is 0 Å². The lowest BCUT2D eigenvalue weighted by Crippen LogP contribution is -2.50. The molecule has 0 spiro atoms. The smallest absolute Gasteiger partial charge is 0.421 e. The first-order valence-electron chi connectivity index (χ1n) is 10.8. The number of hydrogen-bond donors (Lipinski definition) is 1. The van der Waals surface area contributed by atoms with Crippen LogP contribution in [0.15, 0.2) is 29.5 Å². The zero-order valence-corrected chi connectivity index (χ0v) is 18.2. The summed E-state index contributed by atoms with van der Waals surface area (Å²) in [5, 5.41) is 0. The number of carbonyl (C=O) groups is 1. The minimum atomic E-state index is -4.80. The number of alkyl halides is 6. The quantitative estimate of drug-likeness (QED) is 0.639. The molecule has 1 saturated heterocycles. The van der Waals surface area contributed by atoms with Crippen molar-refractivity contribution in [3.63, 3.8) is 0 Å². The highest BCUT2D eigenvalue weighted by molar-refractivity contribution is 5.68. The molecule has 2 atom stereocenters. The number of aromatic nitrogens is 3. The molecule has 1 aliphatic heterocycles. The summed E-state index contributed by atoms with van der Waals surface area (Å²) in [4.78, 5) is 36.9. The van der Waals surface area contributed by atoms with Crippen molar-refractivity contribution < 1.29 is 35.9 Å². The first-order chi connectivity index (χ1) is 16.4. The number of hydrogen-bond acceptors (Lipinski definition) is 6. The summed E-state index contributed by atoms with van der Waals surface area (Å²) in [6.07, 6.45) is -6.39. The number of nitrogens with zero attached hydrogens (tertiary/aromatic N) is 4. The number of amides is 1. The molecule has 3 heterocycles. The molecule has 1 N–H and O–H groups in total. The monoisotopic (exact) mass is 505 g/mol. The third kappa shape index (κ3) is 5.51. The minimum Gasteiger partial charge on any atom is -0.445 e. The van der Waals surface area contributed by atoms with E-state index in [-0.39, 0.29) is 37.7 Å². The third-order valence-corrected chi connectivity index (χ3v) is 6.15. The fourth-order valence-corrected chi connectivity index (χ4v) is 4.30. The number of H-pyrrole nitrogens is 1. The highest BCUT2D eigenvalue weighted by Gasteiger charge is 2.38. The Morgan fingerprint density at radius 3 is 2.26 bits per heavy atom. The number of pyridine rings is 1. The molecule has 8 nitrogen and oxygen atoms in total. The van der Waals surface area contributed by atoms with Gasteiger partial charge < -0.3 is 19.5 Å². The van der Waals surface area contributed by atoms with Gasteiger partial charge in [0.25, 0.3) is 5.56 Å². The summed E-state index contributed by atoms with van der Waals surface area (Å²) in [5.41, 5.74) is -3.24. The van der Waals surface area contributed by atoms with Crippen molar-refractivity contribution in [2.24, 2.45) is 0 Å². The van der Waals surface area contributed by atoms with Crippen LogP contribution in [0.25, 0.3) is 0 Å². The summed E-state index contributed by atoms with van der Waals surface area (Å²) in [6, 6.07) is 0.804. The molecule has 0 bridgehead atoms. The predicted octanol–water partition coefficient (Wildman–Crippen LogP) is 3.80. The van der Waals surface area contributed by atoms with Crippen LogP contribution in [0.2, 0.25) is 0 Å². The van der Waals surface area contributed by atoms with Crippen LogP contribution in [0.5, 0.6) is 0 Å². The SMILES string of the molecule is O=C(O[C@H]1CCCC1c1c[nH]c(=O)c(C(F)(F)F)c1)N1CCN(c2ncc(C(F)(F)F)cn2)CC1. The maximum atomic E-state index is 13.1. The summed E-state index contributed by atoms with van der Waals surface area (Å²) in [5.74, 6) is -0.376. The molecule has 2 aliphatic rings. The van der Waals surface area contributed by atoms with Crippen molar-refractivity contribution in [1.29, 1.82) is 0 Å². The number of piperazine rings is 1. The van der Waals surface area contributed by atoms with Crippen LogP contribution in [-0.4, -0.2) is 58.2 Å². The van der Waals surface area contributed by atoms with Gasteiger partial charge >= 0.3 is 18.4 Å². The van der Waals surface area contributed by atoms with Crippen LogP contribution in [0.1, 0.15) is 41.9 Å². The van der Waals surface area contributed by atoms with Gasteiger partial charge in [0.1, 0.15) is 11.7 Å². The molecule has 2 aromatic heterocycles. The van der Waals surface area contributed by atoms with E-state index in [0.29, 0.717) is 31.7 Å². The maximum absolute atomic E-state index is 13.1. The molecule has 1 amide bonds. The number of carbonyl (C=O) groups excluding carboxylic acids is 1. The van der Waals surface area contributed by atoms with Crippen LogP contribution < -0.4 is 10.5 Å². The normalized spacial score (nSPS) is 21.3. The van der Waals surface area contributed by atoms with Crippen LogP contribution in [-0.2, 0) is 17.1 Å². The van der Waals surface area contributed by atoms with E-state index >= 15 is 0 Å². The fourth-order valence-electron chi connectivity index (χ4n) is 4.30. The lowest BCUT2D eigenvalue weighted by molar-refractivity contribution is -0.139. The highest BCUT2D eigenvalue weighted by Crippen LogP contribution is 2.38. The number of rotatable bonds is 3. The van der Waals surface area contributed by atoms with E-state index in [1.165, 1.54) is 11.1 Å². The molecule has 0 radical (unpaired) electrons. The van der Waals surface area contributed by atoms with E-state index in [0.717, 1.165) is 6.07 Å². The van der Waals surface area contributed by atoms with Crippen LogP contribution in [0.3, 0.4) is 0 Å². The van der Waals surface area contributed by atoms with Gasteiger partial charge in [0.15, 0.2) is 0 Å². The first kappa shape index (κ1) is 24.8. The van der Waals surface area contributed by atoms with Gasteiger partial charge in [0.2, 0.25) is 5.95 Å². The molecule has 4 rings (SSSR count). The molecule has 190 valence electrons. The van der Waals surface area contributed by atoms with E-state index in [9.17, 15) is 35.9 Å². The number of ether oxygens (including phenoxy) is 1. The van der Waals surface area contributed by atoms with Crippen LogP contribution in [0.4, 0.5) is 37.1 Å². The van der Waals surface area contributed by atoms with Gasteiger partial charge in [-0.3, -0.25) is 4.79 Å². The maximum Gasteiger partial charge on any atom is 0.421 e. The molecular weight excluding hydrogens is 484 g/mol. The van der Waals surface area contributed by atoms with Crippen molar-refractivity contribution in [3.05, 3.63) is 51.7 Å². The second-order valence-electron chi connectivity index (χ2n) is 8.38. The third-order valence-electron chi connectivity index (χ3n) is 6.15. The van der Waals surface area contributed by atoms with E-state index in [1.807, 2.05) is 0 Å². The van der Waals surface area contributed by atoms with Gasteiger partial charge in [0, 0.05) is 50.7 Å². The number of halogens is 6. The Balaban J connectivity index is 1.36. The molecular formula is C21H21F6N5O3. The molecule has 1 unspecified atom stereocenters. The van der Waals surface area contributed by atoms with Gasteiger partial charge in [0.05, 0.1) is 5.56 Å². The largest absolute Gasteiger partial charge is 0.445 e. The summed E-state index contributed by atoms with van der Waals surface area (Å²) >= 11 is 0. The highest BCUT2D eigenvalue weighted by atomic mass is 19.4.